The van der Waals surface area contributed by atoms with Crippen LogP contribution in [0.1, 0.15) is 31.9 Å². The second-order valence-electron chi connectivity index (χ2n) is 7.56. The summed E-state index contributed by atoms with van der Waals surface area (Å²) in [5, 5.41) is -1.53. The third-order valence-electron chi connectivity index (χ3n) is 3.99. The first-order chi connectivity index (χ1) is 14.2. The van der Waals surface area contributed by atoms with Crippen LogP contribution in [0.4, 0.5) is 17.6 Å². The molecule has 1 aromatic carbocycles. The van der Waals surface area contributed by atoms with E-state index in [1.807, 2.05) is 0 Å². The number of sulfonamides is 1. The Morgan fingerprint density at radius 3 is 2.29 bits per heavy atom. The van der Waals surface area contributed by atoms with Crippen molar-refractivity contribution in [1.29, 1.82) is 0 Å². The van der Waals surface area contributed by atoms with Gasteiger partial charge >= 0.3 is 5.97 Å². The minimum absolute atomic E-state index is 0.295. The molecule has 6 nitrogen and oxygen atoms in total. The Bertz CT molecular complexity index is 1090. The highest BCUT2D eigenvalue weighted by molar-refractivity contribution is 7.89. The van der Waals surface area contributed by atoms with Crippen molar-refractivity contribution in [3.8, 4) is 0 Å². The molecule has 1 aromatic heterocycles. The number of nitrogens with zero attached hydrogens (tertiary/aromatic N) is 2. The largest absolute Gasteiger partial charge is 0.459 e. The molecule has 0 atom stereocenters. The van der Waals surface area contributed by atoms with E-state index in [4.69, 9.17) is 16.3 Å². The maximum atomic E-state index is 14.5. The van der Waals surface area contributed by atoms with Crippen molar-refractivity contribution in [3.63, 3.8) is 0 Å². The van der Waals surface area contributed by atoms with Gasteiger partial charge in [-0.15, -0.1) is 0 Å². The Morgan fingerprint density at radius 1 is 1.13 bits per heavy atom. The molecule has 0 N–H and O–H groups in total. The zero-order chi connectivity index (χ0) is 23.7. The lowest BCUT2D eigenvalue weighted by Gasteiger charge is -2.25. The fourth-order valence-corrected chi connectivity index (χ4v) is 4.26. The zero-order valence-electron chi connectivity index (χ0n) is 17.0. The first-order valence-corrected chi connectivity index (χ1v) is 10.6. The molecule has 0 bridgehead atoms. The van der Waals surface area contributed by atoms with E-state index in [-0.39, 0.29) is 0 Å². The molecule has 2 aromatic rings. The summed E-state index contributed by atoms with van der Waals surface area (Å²) in [7, 11) is -5.23. The van der Waals surface area contributed by atoms with Crippen LogP contribution in [0.25, 0.3) is 0 Å². The average Bonchev–Trinajstić information content (AvgIpc) is 2.64. The van der Waals surface area contributed by atoms with Crippen molar-refractivity contribution < 1.29 is 35.5 Å². The summed E-state index contributed by atoms with van der Waals surface area (Å²) >= 11 is 5.31. The molecule has 0 amide bonds. The number of aromatic nitrogens is 1. The topological polar surface area (TPSA) is 76.6 Å². The first kappa shape index (κ1) is 25.0. The molecule has 31 heavy (non-hydrogen) atoms. The molecule has 170 valence electrons. The standard InChI is InChI=1S/C19H19ClF4N2O4S/c1-10-5-6-25-7-11(10)8-26(9-12(27)30-19(2,3)4)31(28,29)18-15(22)13(20)14(21)16(23)17(18)24/h5-7H,8-9H2,1-4H3. The minimum atomic E-state index is -5.23. The number of carbonyl (C=O) groups is 1. The highest BCUT2D eigenvalue weighted by atomic mass is 35.5. The molecule has 1 heterocycles. The van der Waals surface area contributed by atoms with Crippen LogP contribution in [0.15, 0.2) is 23.4 Å². The number of carbonyl (C=O) groups excluding carboxylic acids is 1. The molecule has 0 spiro atoms. The van der Waals surface area contributed by atoms with Crippen LogP contribution in [-0.4, -0.2) is 35.8 Å². The molecular formula is C19H19ClF4N2O4S. The van der Waals surface area contributed by atoms with Crippen LogP contribution < -0.4 is 0 Å². The van der Waals surface area contributed by atoms with Gasteiger partial charge in [0, 0.05) is 18.9 Å². The van der Waals surface area contributed by atoms with Crippen molar-refractivity contribution in [2.24, 2.45) is 0 Å². The number of esters is 1. The van der Waals surface area contributed by atoms with Gasteiger partial charge in [0.2, 0.25) is 10.0 Å². The van der Waals surface area contributed by atoms with Crippen LogP contribution in [-0.2, 0) is 26.1 Å². The molecule has 2 rings (SSSR count). The first-order valence-electron chi connectivity index (χ1n) is 8.79. The number of pyridine rings is 1. The summed E-state index contributed by atoms with van der Waals surface area (Å²) in [6.45, 7) is 4.68. The van der Waals surface area contributed by atoms with Crippen molar-refractivity contribution in [2.45, 2.75) is 44.7 Å². The lowest BCUT2D eigenvalue weighted by atomic mass is 10.1. The Morgan fingerprint density at radius 2 is 1.74 bits per heavy atom. The third-order valence-corrected chi connectivity index (χ3v) is 6.13. The Kier molecular flexibility index (Phi) is 7.34. The molecule has 12 heteroatoms. The molecule has 0 fully saturated rings. The maximum Gasteiger partial charge on any atom is 0.321 e. The summed E-state index contributed by atoms with van der Waals surface area (Å²) in [4.78, 5) is 14.3. The number of aryl methyl sites for hydroxylation is 1. The van der Waals surface area contributed by atoms with E-state index in [0.717, 1.165) is 0 Å². The SMILES string of the molecule is Cc1ccncc1CN(CC(=O)OC(C)(C)C)S(=O)(=O)c1c(F)c(F)c(F)c(Cl)c1F. The highest BCUT2D eigenvalue weighted by Gasteiger charge is 2.38. The summed E-state index contributed by atoms with van der Waals surface area (Å²) in [5.74, 6) is -9.68. The van der Waals surface area contributed by atoms with Crippen molar-refractivity contribution in [1.82, 2.24) is 9.29 Å². The van der Waals surface area contributed by atoms with E-state index in [1.165, 1.54) is 33.2 Å². The lowest BCUT2D eigenvalue weighted by molar-refractivity contribution is -0.155. The van der Waals surface area contributed by atoms with Gasteiger partial charge in [-0.3, -0.25) is 9.78 Å². The molecule has 0 radical (unpaired) electrons. The van der Waals surface area contributed by atoms with E-state index in [2.05, 4.69) is 4.98 Å². The fraction of sp³-hybridized carbons (Fsp3) is 0.368. The van der Waals surface area contributed by atoms with Crippen LogP contribution in [0.5, 0.6) is 0 Å². The van der Waals surface area contributed by atoms with Crippen molar-refractivity contribution >= 4 is 27.6 Å². The summed E-state index contributed by atoms with van der Waals surface area (Å²) in [6.07, 6.45) is 2.72. The molecule has 0 aliphatic heterocycles. The Balaban J connectivity index is 2.62. The van der Waals surface area contributed by atoms with Crippen LogP contribution in [0.3, 0.4) is 0 Å². The number of benzene rings is 1. The predicted octanol–water partition coefficient (Wildman–Crippen LogP) is 4.13. The minimum Gasteiger partial charge on any atom is -0.459 e. The summed E-state index contributed by atoms with van der Waals surface area (Å²) < 4.78 is 87.8. The lowest BCUT2D eigenvalue weighted by Crippen LogP contribution is -2.39. The average molecular weight is 483 g/mol. The number of halogens is 5. The van der Waals surface area contributed by atoms with E-state index in [1.54, 1.807) is 13.0 Å². The highest BCUT2D eigenvalue weighted by Crippen LogP contribution is 2.33. The summed E-state index contributed by atoms with van der Waals surface area (Å²) in [6, 6.07) is 1.54. The van der Waals surface area contributed by atoms with E-state index in [9.17, 15) is 30.8 Å². The van der Waals surface area contributed by atoms with Gasteiger partial charge < -0.3 is 4.74 Å². The summed E-state index contributed by atoms with van der Waals surface area (Å²) in [5.41, 5.74) is -0.133. The van der Waals surface area contributed by atoms with Crippen molar-refractivity contribution in [3.05, 3.63) is 57.9 Å². The predicted molar refractivity (Wildman–Crippen MR) is 104 cm³/mol. The molecular weight excluding hydrogens is 464 g/mol. The van der Waals surface area contributed by atoms with Gasteiger partial charge in [-0.2, -0.15) is 4.31 Å². The Hall–Kier alpha value is -2.24. The fourth-order valence-electron chi connectivity index (χ4n) is 2.54. The zero-order valence-corrected chi connectivity index (χ0v) is 18.5. The molecule has 0 aliphatic carbocycles. The van der Waals surface area contributed by atoms with Gasteiger partial charge in [-0.25, -0.2) is 26.0 Å². The second kappa shape index (κ2) is 9.09. The van der Waals surface area contributed by atoms with E-state index < -0.39 is 67.9 Å². The van der Waals surface area contributed by atoms with Crippen LogP contribution in [0.2, 0.25) is 5.02 Å². The van der Waals surface area contributed by atoms with Crippen molar-refractivity contribution in [2.75, 3.05) is 6.54 Å². The van der Waals surface area contributed by atoms with Gasteiger partial charge in [0.1, 0.15) is 17.2 Å². The maximum absolute atomic E-state index is 14.5. The van der Waals surface area contributed by atoms with E-state index in [0.29, 0.717) is 15.4 Å². The van der Waals surface area contributed by atoms with Gasteiger partial charge in [-0.05, 0) is 44.9 Å². The molecule has 0 aliphatic rings. The monoisotopic (exact) mass is 482 g/mol. The molecule has 0 saturated heterocycles. The van der Waals surface area contributed by atoms with Gasteiger partial charge in [0.15, 0.2) is 28.2 Å². The number of rotatable bonds is 6. The Labute approximate surface area is 181 Å². The molecule has 0 saturated carbocycles. The second-order valence-corrected chi connectivity index (χ2v) is 9.81. The van der Waals surface area contributed by atoms with Gasteiger partial charge in [0.25, 0.3) is 0 Å². The number of ether oxygens (including phenoxy) is 1. The normalized spacial score (nSPS) is 12.3. The van der Waals surface area contributed by atoms with Gasteiger partial charge in [-0.1, -0.05) is 11.6 Å². The quantitative estimate of drug-likeness (QED) is 0.268. The third kappa shape index (κ3) is 5.52. The number of hydrogen-bond donors (Lipinski definition) is 0. The molecule has 0 unspecified atom stereocenters. The smallest absolute Gasteiger partial charge is 0.321 e. The number of hydrogen-bond acceptors (Lipinski definition) is 5. The van der Waals surface area contributed by atoms with Crippen LogP contribution >= 0.6 is 11.6 Å². The van der Waals surface area contributed by atoms with Crippen LogP contribution in [0, 0.1) is 30.2 Å². The van der Waals surface area contributed by atoms with Gasteiger partial charge in [0.05, 0.1) is 0 Å². The van der Waals surface area contributed by atoms with E-state index >= 15 is 0 Å².